The number of aryl methyl sites for hydroxylation is 1. The van der Waals surface area contributed by atoms with Crippen LogP contribution in [0.2, 0.25) is 0 Å². The highest BCUT2D eigenvalue weighted by Gasteiger charge is 2.20. The zero-order valence-electron chi connectivity index (χ0n) is 16.3. The molecular weight excluding hydrogens is 348 g/mol. The summed E-state index contributed by atoms with van der Waals surface area (Å²) in [6, 6.07) is 20.4. The number of pyridine rings is 1. The number of hydrogen-bond acceptors (Lipinski definition) is 4. The van der Waals surface area contributed by atoms with Crippen LogP contribution in [0.1, 0.15) is 12.5 Å². The SMILES string of the molecule is CCc1ccccc1NC(=O)CN1CCN(c2ccc3ccccc3n2)CC1. The largest absolute Gasteiger partial charge is 0.354 e. The molecule has 0 atom stereocenters. The van der Waals surface area contributed by atoms with Crippen LogP contribution in [-0.2, 0) is 11.2 Å². The molecule has 0 spiro atoms. The molecule has 1 amide bonds. The molecule has 0 unspecified atom stereocenters. The highest BCUT2D eigenvalue weighted by molar-refractivity contribution is 5.93. The van der Waals surface area contributed by atoms with Gasteiger partial charge in [0, 0.05) is 37.3 Å². The maximum atomic E-state index is 12.5. The van der Waals surface area contributed by atoms with E-state index in [1.54, 1.807) is 0 Å². The summed E-state index contributed by atoms with van der Waals surface area (Å²) in [4.78, 5) is 21.8. The van der Waals surface area contributed by atoms with Crippen molar-refractivity contribution in [3.63, 3.8) is 0 Å². The van der Waals surface area contributed by atoms with Gasteiger partial charge in [0.25, 0.3) is 0 Å². The molecule has 5 heteroatoms. The molecule has 0 bridgehead atoms. The number of amides is 1. The average Bonchev–Trinajstić information content (AvgIpc) is 2.74. The summed E-state index contributed by atoms with van der Waals surface area (Å²) >= 11 is 0. The van der Waals surface area contributed by atoms with E-state index in [0.29, 0.717) is 6.54 Å². The van der Waals surface area contributed by atoms with Gasteiger partial charge < -0.3 is 10.2 Å². The van der Waals surface area contributed by atoms with Crippen LogP contribution < -0.4 is 10.2 Å². The van der Waals surface area contributed by atoms with E-state index in [2.05, 4.69) is 46.3 Å². The van der Waals surface area contributed by atoms with Crippen LogP contribution >= 0.6 is 0 Å². The molecular formula is C23H26N4O. The van der Waals surface area contributed by atoms with Crippen molar-refractivity contribution in [2.45, 2.75) is 13.3 Å². The molecule has 0 saturated carbocycles. The predicted molar refractivity (Wildman–Crippen MR) is 115 cm³/mol. The topological polar surface area (TPSA) is 48.5 Å². The molecule has 0 radical (unpaired) electrons. The lowest BCUT2D eigenvalue weighted by atomic mass is 10.1. The summed E-state index contributed by atoms with van der Waals surface area (Å²) in [6.45, 7) is 6.01. The second-order valence-corrected chi connectivity index (χ2v) is 7.18. The number of piperazine rings is 1. The maximum absolute atomic E-state index is 12.5. The molecule has 144 valence electrons. The molecule has 3 aromatic rings. The molecule has 28 heavy (non-hydrogen) atoms. The summed E-state index contributed by atoms with van der Waals surface area (Å²) in [6.07, 6.45) is 0.911. The summed E-state index contributed by atoms with van der Waals surface area (Å²) < 4.78 is 0. The summed E-state index contributed by atoms with van der Waals surface area (Å²) in [7, 11) is 0. The maximum Gasteiger partial charge on any atom is 0.238 e. The number of nitrogens with one attached hydrogen (secondary N) is 1. The molecule has 1 aliphatic rings. The third-order valence-electron chi connectivity index (χ3n) is 5.32. The van der Waals surface area contributed by atoms with Crippen molar-refractivity contribution in [3.8, 4) is 0 Å². The molecule has 5 nitrogen and oxygen atoms in total. The second-order valence-electron chi connectivity index (χ2n) is 7.18. The Labute approximate surface area is 166 Å². The van der Waals surface area contributed by atoms with Gasteiger partial charge in [-0.05, 0) is 36.2 Å². The van der Waals surface area contributed by atoms with Crippen molar-refractivity contribution in [3.05, 3.63) is 66.2 Å². The Kier molecular flexibility index (Phi) is 5.53. The highest BCUT2D eigenvalue weighted by Crippen LogP contribution is 2.19. The standard InChI is InChI=1S/C23H26N4O/c1-2-18-7-3-5-9-20(18)25-23(28)17-26-13-15-27(16-14-26)22-12-11-19-8-4-6-10-21(19)24-22/h3-12H,2,13-17H2,1H3,(H,25,28). The van der Waals surface area contributed by atoms with Crippen LogP contribution in [0.15, 0.2) is 60.7 Å². The van der Waals surface area contributed by atoms with E-state index in [1.165, 1.54) is 5.56 Å². The second kappa shape index (κ2) is 8.40. The minimum Gasteiger partial charge on any atom is -0.354 e. The molecule has 1 N–H and O–H groups in total. The number of carbonyl (C=O) groups excluding carboxylic acids is 1. The molecule has 1 aromatic heterocycles. The monoisotopic (exact) mass is 374 g/mol. The quantitative estimate of drug-likeness (QED) is 0.742. The first-order chi connectivity index (χ1) is 13.7. The Balaban J connectivity index is 1.33. The van der Waals surface area contributed by atoms with Gasteiger partial charge >= 0.3 is 0 Å². The van der Waals surface area contributed by atoms with Gasteiger partial charge in [-0.15, -0.1) is 0 Å². The van der Waals surface area contributed by atoms with Crippen LogP contribution in [0, 0.1) is 0 Å². The first kappa shape index (κ1) is 18.4. The lowest BCUT2D eigenvalue weighted by Crippen LogP contribution is -2.49. The van der Waals surface area contributed by atoms with Crippen molar-refractivity contribution in [1.82, 2.24) is 9.88 Å². The number of benzene rings is 2. The number of rotatable bonds is 5. The third kappa shape index (κ3) is 4.15. The molecule has 2 heterocycles. The van der Waals surface area contributed by atoms with Gasteiger partial charge in [-0.25, -0.2) is 4.98 Å². The number of anilines is 2. The Morgan fingerprint density at radius 2 is 1.71 bits per heavy atom. The number of carbonyl (C=O) groups is 1. The number of hydrogen-bond donors (Lipinski definition) is 1. The van der Waals surface area contributed by atoms with Gasteiger partial charge in [-0.2, -0.15) is 0 Å². The van der Waals surface area contributed by atoms with Crippen LogP contribution in [0.5, 0.6) is 0 Å². The predicted octanol–water partition coefficient (Wildman–Crippen LogP) is 3.56. The van der Waals surface area contributed by atoms with Gasteiger partial charge in [-0.3, -0.25) is 9.69 Å². The van der Waals surface area contributed by atoms with Crippen LogP contribution in [0.25, 0.3) is 10.9 Å². The number of nitrogens with zero attached hydrogens (tertiary/aromatic N) is 3. The normalized spacial score (nSPS) is 15.0. The minimum atomic E-state index is 0.0539. The van der Waals surface area contributed by atoms with E-state index in [1.807, 2.05) is 36.4 Å². The van der Waals surface area contributed by atoms with E-state index >= 15 is 0 Å². The highest BCUT2D eigenvalue weighted by atomic mass is 16.2. The third-order valence-corrected chi connectivity index (χ3v) is 5.32. The van der Waals surface area contributed by atoms with Gasteiger partial charge in [0.2, 0.25) is 5.91 Å². The van der Waals surface area contributed by atoms with Gasteiger partial charge in [-0.1, -0.05) is 43.3 Å². The summed E-state index contributed by atoms with van der Waals surface area (Å²) in [5.41, 5.74) is 3.12. The fourth-order valence-corrected chi connectivity index (χ4v) is 3.71. The zero-order chi connectivity index (χ0) is 19.3. The zero-order valence-corrected chi connectivity index (χ0v) is 16.3. The first-order valence-electron chi connectivity index (χ1n) is 9.94. The van der Waals surface area contributed by atoms with Crippen LogP contribution in [-0.4, -0.2) is 48.5 Å². The Morgan fingerprint density at radius 1 is 0.964 bits per heavy atom. The van der Waals surface area contributed by atoms with Gasteiger partial charge in [0.15, 0.2) is 0 Å². The van der Waals surface area contributed by atoms with E-state index in [9.17, 15) is 4.79 Å². The molecule has 1 saturated heterocycles. The minimum absolute atomic E-state index is 0.0539. The molecule has 2 aromatic carbocycles. The van der Waals surface area contributed by atoms with E-state index in [0.717, 1.165) is 55.0 Å². The molecule has 1 fully saturated rings. The number of para-hydroxylation sites is 2. The van der Waals surface area contributed by atoms with E-state index in [-0.39, 0.29) is 5.91 Å². The van der Waals surface area contributed by atoms with Crippen molar-refractivity contribution in [1.29, 1.82) is 0 Å². The lowest BCUT2D eigenvalue weighted by Gasteiger charge is -2.35. The van der Waals surface area contributed by atoms with Crippen molar-refractivity contribution >= 4 is 28.3 Å². The lowest BCUT2D eigenvalue weighted by molar-refractivity contribution is -0.117. The first-order valence-corrected chi connectivity index (χ1v) is 9.94. The van der Waals surface area contributed by atoms with Crippen LogP contribution in [0.4, 0.5) is 11.5 Å². The Hall–Kier alpha value is -2.92. The number of aromatic nitrogens is 1. The summed E-state index contributed by atoms with van der Waals surface area (Å²) in [5.74, 6) is 1.07. The Morgan fingerprint density at radius 3 is 2.54 bits per heavy atom. The van der Waals surface area contributed by atoms with Crippen LogP contribution in [0.3, 0.4) is 0 Å². The van der Waals surface area contributed by atoms with Crippen molar-refractivity contribution in [2.75, 3.05) is 42.9 Å². The molecule has 4 rings (SSSR count). The Bertz CT molecular complexity index is 963. The summed E-state index contributed by atoms with van der Waals surface area (Å²) in [5, 5.41) is 4.23. The van der Waals surface area contributed by atoms with Gasteiger partial charge in [0.05, 0.1) is 12.1 Å². The van der Waals surface area contributed by atoms with Crippen molar-refractivity contribution in [2.24, 2.45) is 0 Å². The number of fused-ring (bicyclic) bond motifs is 1. The molecule has 0 aliphatic carbocycles. The smallest absolute Gasteiger partial charge is 0.238 e. The average molecular weight is 374 g/mol. The molecule has 1 aliphatic heterocycles. The van der Waals surface area contributed by atoms with Crippen molar-refractivity contribution < 1.29 is 4.79 Å². The fraction of sp³-hybridized carbons (Fsp3) is 0.304. The van der Waals surface area contributed by atoms with E-state index in [4.69, 9.17) is 4.98 Å². The van der Waals surface area contributed by atoms with E-state index < -0.39 is 0 Å². The van der Waals surface area contributed by atoms with Gasteiger partial charge in [0.1, 0.15) is 5.82 Å². The fourth-order valence-electron chi connectivity index (χ4n) is 3.71.